The van der Waals surface area contributed by atoms with Crippen molar-refractivity contribution in [2.75, 3.05) is 20.7 Å². The van der Waals surface area contributed by atoms with Gasteiger partial charge < -0.3 is 9.64 Å². The normalized spacial score (nSPS) is 29.2. The van der Waals surface area contributed by atoms with Gasteiger partial charge in [-0.15, -0.1) is 0 Å². The molecule has 112 valence electrons. The minimum atomic E-state index is -0.340. The van der Waals surface area contributed by atoms with E-state index < -0.39 is 0 Å². The molecule has 1 aliphatic carbocycles. The lowest BCUT2D eigenvalue weighted by atomic mass is 9.58. The third kappa shape index (κ3) is 2.23. The minimum Gasteiger partial charge on any atom is -0.497 e. The average molecular weight is 287 g/mol. The average Bonchev–Trinajstić information content (AvgIpc) is 2.51. The molecule has 0 N–H and O–H groups in total. The number of hydrogen-bond acceptors (Lipinski definition) is 3. The molecule has 1 saturated heterocycles. The number of nitrogens with zero attached hydrogens (tertiary/aromatic N) is 1. The highest BCUT2D eigenvalue weighted by Gasteiger charge is 2.51. The number of amides is 1. The summed E-state index contributed by atoms with van der Waals surface area (Å²) in [4.78, 5) is 26.5. The Morgan fingerprint density at radius 2 is 2.14 bits per heavy atom. The first-order valence-corrected chi connectivity index (χ1v) is 7.48. The summed E-state index contributed by atoms with van der Waals surface area (Å²) >= 11 is 0. The van der Waals surface area contributed by atoms with Crippen molar-refractivity contribution in [1.29, 1.82) is 0 Å². The minimum absolute atomic E-state index is 0.0824. The van der Waals surface area contributed by atoms with Gasteiger partial charge in [-0.3, -0.25) is 9.59 Å². The largest absolute Gasteiger partial charge is 0.497 e. The van der Waals surface area contributed by atoms with Crippen molar-refractivity contribution in [3.05, 3.63) is 29.8 Å². The summed E-state index contributed by atoms with van der Waals surface area (Å²) < 4.78 is 5.32. The standard InChI is InChI=1S/C17H21NO3/c1-18-9-8-17(12-4-3-5-14(10-12)21-2)11-13(19)6-7-15(17)16(18)20/h3-5,10,15H,6-9,11H2,1-2H3/t15-,17-/m0/s1. The summed E-state index contributed by atoms with van der Waals surface area (Å²) in [5.74, 6) is 1.15. The van der Waals surface area contributed by atoms with E-state index in [4.69, 9.17) is 4.74 Å². The summed E-state index contributed by atoms with van der Waals surface area (Å²) in [6.07, 6.45) is 2.51. The van der Waals surface area contributed by atoms with Crippen LogP contribution in [0.2, 0.25) is 0 Å². The van der Waals surface area contributed by atoms with Crippen LogP contribution in [0.1, 0.15) is 31.2 Å². The third-order valence-corrected chi connectivity index (χ3v) is 5.10. The first-order valence-electron chi connectivity index (χ1n) is 7.48. The maximum atomic E-state index is 12.6. The Hall–Kier alpha value is -1.84. The molecule has 2 fully saturated rings. The van der Waals surface area contributed by atoms with Crippen LogP contribution in [0.3, 0.4) is 0 Å². The number of Topliss-reactive ketones (excluding diaryl/α,β-unsaturated/α-hetero) is 1. The van der Waals surface area contributed by atoms with Crippen molar-refractivity contribution < 1.29 is 14.3 Å². The molecule has 1 amide bonds. The molecule has 0 unspecified atom stereocenters. The molecule has 4 nitrogen and oxygen atoms in total. The summed E-state index contributed by atoms with van der Waals surface area (Å²) in [6, 6.07) is 7.87. The van der Waals surface area contributed by atoms with Crippen LogP contribution in [0.25, 0.3) is 0 Å². The SMILES string of the molecule is COc1cccc([C@@]23CCN(C)C(=O)[C@@H]2CCC(=O)C3)c1. The van der Waals surface area contributed by atoms with Crippen LogP contribution in [0.5, 0.6) is 5.75 Å². The van der Waals surface area contributed by atoms with Crippen LogP contribution in [0, 0.1) is 5.92 Å². The number of carbonyl (C=O) groups excluding carboxylic acids is 2. The van der Waals surface area contributed by atoms with Crippen molar-refractivity contribution in [3.8, 4) is 5.75 Å². The third-order valence-electron chi connectivity index (χ3n) is 5.10. The summed E-state index contributed by atoms with van der Waals surface area (Å²) in [6.45, 7) is 0.708. The number of carbonyl (C=O) groups is 2. The molecule has 21 heavy (non-hydrogen) atoms. The fourth-order valence-electron chi connectivity index (χ4n) is 3.89. The molecular weight excluding hydrogens is 266 g/mol. The highest BCUT2D eigenvalue weighted by atomic mass is 16.5. The number of piperidine rings is 1. The molecule has 0 spiro atoms. The fourth-order valence-corrected chi connectivity index (χ4v) is 3.89. The lowest BCUT2D eigenvalue weighted by Gasteiger charge is -2.48. The molecule has 2 atom stereocenters. The Labute approximate surface area is 125 Å². The van der Waals surface area contributed by atoms with Crippen molar-refractivity contribution >= 4 is 11.7 Å². The monoisotopic (exact) mass is 287 g/mol. The van der Waals surface area contributed by atoms with E-state index in [0.29, 0.717) is 25.8 Å². The number of ether oxygens (including phenoxy) is 1. The number of hydrogen-bond donors (Lipinski definition) is 0. The van der Waals surface area contributed by atoms with Crippen LogP contribution in [0.4, 0.5) is 0 Å². The molecule has 1 saturated carbocycles. The van der Waals surface area contributed by atoms with E-state index >= 15 is 0 Å². The molecule has 2 aliphatic rings. The highest BCUT2D eigenvalue weighted by Crippen LogP contribution is 2.48. The number of rotatable bonds is 2. The summed E-state index contributed by atoms with van der Waals surface area (Å²) in [7, 11) is 3.49. The topological polar surface area (TPSA) is 46.6 Å². The maximum Gasteiger partial charge on any atom is 0.226 e. The van der Waals surface area contributed by atoms with E-state index in [2.05, 4.69) is 0 Å². The van der Waals surface area contributed by atoms with E-state index in [1.807, 2.05) is 31.3 Å². The van der Waals surface area contributed by atoms with Crippen LogP contribution < -0.4 is 4.74 Å². The van der Waals surface area contributed by atoms with Crippen LogP contribution in [0.15, 0.2) is 24.3 Å². The van der Waals surface area contributed by atoms with Gasteiger partial charge in [-0.25, -0.2) is 0 Å². The van der Waals surface area contributed by atoms with Gasteiger partial charge in [-0.05, 0) is 30.5 Å². The number of fused-ring (bicyclic) bond motifs is 1. The van der Waals surface area contributed by atoms with Gasteiger partial charge in [0.05, 0.1) is 7.11 Å². The Morgan fingerprint density at radius 1 is 1.33 bits per heavy atom. The van der Waals surface area contributed by atoms with Gasteiger partial charge in [0.1, 0.15) is 11.5 Å². The quantitative estimate of drug-likeness (QED) is 0.837. The number of ketones is 1. The predicted octanol–water partition coefficient (Wildman–Crippen LogP) is 2.16. The first kappa shape index (κ1) is 14.1. The van der Waals surface area contributed by atoms with E-state index in [1.165, 1.54) is 0 Å². The zero-order chi connectivity index (χ0) is 15.0. The fraction of sp³-hybridized carbons (Fsp3) is 0.529. The molecule has 1 heterocycles. The number of likely N-dealkylation sites (tertiary alicyclic amines) is 1. The summed E-state index contributed by atoms with van der Waals surface area (Å²) in [5.41, 5.74) is 0.731. The second-order valence-electron chi connectivity index (χ2n) is 6.20. The zero-order valence-corrected chi connectivity index (χ0v) is 12.6. The van der Waals surface area contributed by atoms with Gasteiger partial charge >= 0.3 is 0 Å². The molecule has 3 rings (SSSR count). The van der Waals surface area contributed by atoms with Gasteiger partial charge in [-0.1, -0.05) is 12.1 Å². The number of benzene rings is 1. The van der Waals surface area contributed by atoms with Gasteiger partial charge in [0.25, 0.3) is 0 Å². The Kier molecular flexibility index (Phi) is 3.47. The summed E-state index contributed by atoms with van der Waals surface area (Å²) in [5, 5.41) is 0. The Bertz CT molecular complexity index is 583. The second-order valence-corrected chi connectivity index (χ2v) is 6.20. The Morgan fingerprint density at radius 3 is 2.90 bits per heavy atom. The smallest absolute Gasteiger partial charge is 0.226 e. The Balaban J connectivity index is 2.08. The van der Waals surface area contributed by atoms with Gasteiger partial charge in [0.2, 0.25) is 5.91 Å². The van der Waals surface area contributed by atoms with E-state index in [9.17, 15) is 9.59 Å². The molecule has 1 aromatic rings. The van der Waals surface area contributed by atoms with Crippen molar-refractivity contribution in [2.24, 2.45) is 5.92 Å². The van der Waals surface area contributed by atoms with Crippen LogP contribution in [-0.2, 0) is 15.0 Å². The van der Waals surface area contributed by atoms with Gasteiger partial charge in [0, 0.05) is 37.8 Å². The lowest BCUT2D eigenvalue weighted by Crippen LogP contribution is -2.55. The maximum absolute atomic E-state index is 12.6. The van der Waals surface area contributed by atoms with E-state index in [-0.39, 0.29) is 23.0 Å². The van der Waals surface area contributed by atoms with Gasteiger partial charge in [-0.2, -0.15) is 0 Å². The highest BCUT2D eigenvalue weighted by molar-refractivity contribution is 5.88. The van der Waals surface area contributed by atoms with Crippen molar-refractivity contribution in [3.63, 3.8) is 0 Å². The van der Waals surface area contributed by atoms with Crippen LogP contribution >= 0.6 is 0 Å². The molecular formula is C17H21NO3. The molecule has 0 radical (unpaired) electrons. The second kappa shape index (κ2) is 5.17. The molecule has 1 aliphatic heterocycles. The van der Waals surface area contributed by atoms with Crippen LogP contribution in [-0.4, -0.2) is 37.3 Å². The van der Waals surface area contributed by atoms with Crippen molar-refractivity contribution in [2.45, 2.75) is 31.1 Å². The first-order chi connectivity index (χ1) is 10.1. The predicted molar refractivity (Wildman–Crippen MR) is 79.3 cm³/mol. The molecule has 4 heteroatoms. The molecule has 0 bridgehead atoms. The van der Waals surface area contributed by atoms with Crippen molar-refractivity contribution in [1.82, 2.24) is 4.90 Å². The van der Waals surface area contributed by atoms with E-state index in [1.54, 1.807) is 12.0 Å². The zero-order valence-electron chi connectivity index (χ0n) is 12.6. The number of methoxy groups -OCH3 is 1. The lowest BCUT2D eigenvalue weighted by molar-refractivity contribution is -0.145. The van der Waals surface area contributed by atoms with Gasteiger partial charge in [0.15, 0.2) is 0 Å². The van der Waals surface area contributed by atoms with E-state index in [0.717, 1.165) is 17.7 Å². The molecule has 1 aromatic carbocycles. The molecule has 0 aromatic heterocycles.